The molecule has 0 aliphatic carbocycles. The van der Waals surface area contributed by atoms with Gasteiger partial charge in [0.25, 0.3) is 10.0 Å². The molecule has 0 spiro atoms. The molecule has 0 bridgehead atoms. The van der Waals surface area contributed by atoms with Gasteiger partial charge in [-0.05, 0) is 53.9 Å². The first-order valence-corrected chi connectivity index (χ1v) is 12.5. The van der Waals surface area contributed by atoms with Crippen LogP contribution in [0.1, 0.15) is 19.8 Å². The first kappa shape index (κ1) is 21.5. The molecule has 2 fully saturated rings. The van der Waals surface area contributed by atoms with Crippen molar-refractivity contribution in [2.45, 2.75) is 30.7 Å². The minimum atomic E-state index is -3.70. The van der Waals surface area contributed by atoms with E-state index in [0.29, 0.717) is 17.5 Å². The monoisotopic (exact) mass is 496 g/mol. The second kappa shape index (κ2) is 9.21. The van der Waals surface area contributed by atoms with Gasteiger partial charge in [0.1, 0.15) is 0 Å². The Morgan fingerprint density at radius 1 is 1.13 bits per heavy atom. The number of sulfonamides is 1. The molecule has 2 saturated heterocycles. The Morgan fingerprint density at radius 3 is 2.47 bits per heavy atom. The number of hydrogen-bond donors (Lipinski definition) is 1. The van der Waals surface area contributed by atoms with Crippen molar-refractivity contribution in [1.82, 2.24) is 9.88 Å². The lowest BCUT2D eigenvalue weighted by atomic mass is 10.0. The number of morpholine rings is 1. The van der Waals surface area contributed by atoms with Gasteiger partial charge in [-0.15, -0.1) is 0 Å². The van der Waals surface area contributed by atoms with Gasteiger partial charge in [0.15, 0.2) is 5.82 Å². The molecule has 1 aromatic carbocycles. The molecule has 164 valence electrons. The number of benzene rings is 1. The lowest BCUT2D eigenvalue weighted by molar-refractivity contribution is 0.0115. The van der Waals surface area contributed by atoms with Gasteiger partial charge in [-0.3, -0.25) is 9.62 Å². The summed E-state index contributed by atoms with van der Waals surface area (Å²) in [5.74, 6) is 0.675. The number of piperidine rings is 1. The van der Waals surface area contributed by atoms with Crippen LogP contribution in [0.2, 0.25) is 0 Å². The van der Waals surface area contributed by atoms with Crippen LogP contribution < -0.4 is 9.62 Å². The van der Waals surface area contributed by atoms with E-state index in [2.05, 4.69) is 35.4 Å². The Labute approximate surface area is 188 Å². The smallest absolute Gasteiger partial charge is 0.262 e. The third-order valence-electron chi connectivity index (χ3n) is 5.73. The maximum atomic E-state index is 12.9. The molecule has 30 heavy (non-hydrogen) atoms. The second-order valence-corrected chi connectivity index (χ2v) is 10.4. The van der Waals surface area contributed by atoms with Gasteiger partial charge in [-0.2, -0.15) is 0 Å². The topological polar surface area (TPSA) is 74.8 Å². The van der Waals surface area contributed by atoms with E-state index in [0.717, 1.165) is 62.3 Å². The SMILES string of the molecule is Cc1ccc(S(=O)(=O)Nc2cc(Br)cnc2N2CCC(N3CCOCC3)CC2)cc1.[HH]. The van der Waals surface area contributed by atoms with E-state index in [1.807, 2.05) is 6.92 Å². The molecule has 0 saturated carbocycles. The van der Waals surface area contributed by atoms with E-state index in [9.17, 15) is 8.42 Å². The lowest BCUT2D eigenvalue weighted by Gasteiger charge is -2.40. The van der Waals surface area contributed by atoms with Crippen LogP contribution in [-0.4, -0.2) is 63.7 Å². The minimum absolute atomic E-state index is 0. The van der Waals surface area contributed by atoms with Gasteiger partial charge in [0.05, 0.1) is 23.8 Å². The van der Waals surface area contributed by atoms with Crippen molar-refractivity contribution < 1.29 is 14.6 Å². The molecular formula is C21H29BrN4O3S. The summed E-state index contributed by atoms with van der Waals surface area (Å²) in [5, 5.41) is 0. The van der Waals surface area contributed by atoms with Crippen LogP contribution >= 0.6 is 15.9 Å². The molecule has 2 aliphatic heterocycles. The summed E-state index contributed by atoms with van der Waals surface area (Å²) in [7, 11) is -3.70. The van der Waals surface area contributed by atoms with Crippen LogP contribution in [0.5, 0.6) is 0 Å². The molecule has 9 heteroatoms. The number of aromatic nitrogens is 1. The van der Waals surface area contributed by atoms with Crippen molar-refractivity contribution in [2.75, 3.05) is 49.0 Å². The summed E-state index contributed by atoms with van der Waals surface area (Å²) in [6.07, 6.45) is 3.77. The van der Waals surface area contributed by atoms with Crippen molar-refractivity contribution in [3.05, 3.63) is 46.6 Å². The Balaban J connectivity index is 0.00000272. The summed E-state index contributed by atoms with van der Waals surface area (Å²) >= 11 is 3.42. The van der Waals surface area contributed by atoms with Gasteiger partial charge in [0, 0.05) is 44.3 Å². The number of hydrogen-bond acceptors (Lipinski definition) is 6. The van der Waals surface area contributed by atoms with Crippen LogP contribution in [0, 0.1) is 6.92 Å². The summed E-state index contributed by atoms with van der Waals surface area (Å²) in [4.78, 5) is 9.48. The second-order valence-electron chi connectivity index (χ2n) is 7.81. The molecular weight excluding hydrogens is 468 g/mol. The number of anilines is 2. The number of nitrogens with zero attached hydrogens (tertiary/aromatic N) is 3. The van der Waals surface area contributed by atoms with E-state index in [1.165, 1.54) is 0 Å². The number of pyridine rings is 1. The van der Waals surface area contributed by atoms with Crippen molar-refractivity contribution >= 4 is 37.5 Å². The van der Waals surface area contributed by atoms with Gasteiger partial charge in [-0.1, -0.05) is 17.7 Å². The predicted octanol–water partition coefficient (Wildman–Crippen LogP) is 3.50. The molecule has 1 N–H and O–H groups in total. The van der Waals surface area contributed by atoms with E-state index in [1.54, 1.807) is 36.5 Å². The molecule has 2 aliphatic rings. The molecule has 0 unspecified atom stereocenters. The number of aryl methyl sites for hydroxylation is 1. The predicted molar refractivity (Wildman–Crippen MR) is 124 cm³/mol. The fraction of sp³-hybridized carbons (Fsp3) is 0.476. The fourth-order valence-electron chi connectivity index (χ4n) is 4.07. The molecule has 4 rings (SSSR count). The van der Waals surface area contributed by atoms with Crippen molar-refractivity contribution in [1.29, 1.82) is 0 Å². The van der Waals surface area contributed by atoms with Crippen LogP contribution in [0.4, 0.5) is 11.5 Å². The third-order valence-corrected chi connectivity index (χ3v) is 7.55. The maximum Gasteiger partial charge on any atom is 0.262 e. The average Bonchev–Trinajstić information content (AvgIpc) is 2.75. The van der Waals surface area contributed by atoms with Gasteiger partial charge in [0.2, 0.25) is 0 Å². The van der Waals surface area contributed by atoms with Gasteiger partial charge < -0.3 is 9.64 Å². The quantitative estimate of drug-likeness (QED) is 0.682. The maximum absolute atomic E-state index is 12.9. The molecule has 3 heterocycles. The highest BCUT2D eigenvalue weighted by atomic mass is 79.9. The van der Waals surface area contributed by atoms with E-state index in [-0.39, 0.29) is 6.32 Å². The van der Waals surface area contributed by atoms with Crippen LogP contribution in [0.15, 0.2) is 45.9 Å². The van der Waals surface area contributed by atoms with Gasteiger partial charge in [-0.25, -0.2) is 13.4 Å². The fourth-order valence-corrected chi connectivity index (χ4v) is 5.45. The summed E-state index contributed by atoms with van der Waals surface area (Å²) in [6, 6.07) is 9.17. The molecule has 1 aromatic heterocycles. The van der Waals surface area contributed by atoms with Gasteiger partial charge >= 0.3 is 0 Å². The molecule has 0 amide bonds. The summed E-state index contributed by atoms with van der Waals surface area (Å²) in [5.41, 5.74) is 1.51. The molecule has 0 radical (unpaired) electrons. The largest absolute Gasteiger partial charge is 0.379 e. The zero-order valence-corrected chi connectivity index (χ0v) is 19.5. The van der Waals surface area contributed by atoms with E-state index < -0.39 is 10.0 Å². The number of rotatable bonds is 5. The Hall–Kier alpha value is -1.68. The number of halogens is 1. The molecule has 7 nitrogen and oxygen atoms in total. The van der Waals surface area contributed by atoms with Crippen LogP contribution in [-0.2, 0) is 14.8 Å². The standard InChI is InChI=1S/C21H27BrN4O3S.H2/c1-16-2-4-19(5-3-16)30(27,28)24-20-14-17(22)15-23-21(20)26-8-6-18(7-9-26)25-10-12-29-13-11-25;/h2-5,14-15,18,24H,6-13H2,1H3;1H. The zero-order valence-electron chi connectivity index (χ0n) is 17.1. The van der Waals surface area contributed by atoms with Crippen LogP contribution in [0.3, 0.4) is 0 Å². The van der Waals surface area contributed by atoms with E-state index in [4.69, 9.17) is 4.74 Å². The van der Waals surface area contributed by atoms with E-state index >= 15 is 0 Å². The zero-order chi connectivity index (χ0) is 21.1. The van der Waals surface area contributed by atoms with Crippen LogP contribution in [0.25, 0.3) is 0 Å². The number of ether oxygens (including phenoxy) is 1. The Kier molecular flexibility index (Phi) is 6.62. The lowest BCUT2D eigenvalue weighted by Crippen LogP contribution is -2.49. The normalized spacial score (nSPS) is 19.1. The molecule has 2 aromatic rings. The first-order chi connectivity index (χ1) is 14.4. The minimum Gasteiger partial charge on any atom is -0.379 e. The van der Waals surface area contributed by atoms with Crippen molar-refractivity contribution in [2.24, 2.45) is 0 Å². The first-order valence-electron chi connectivity index (χ1n) is 10.2. The Morgan fingerprint density at radius 2 is 1.80 bits per heavy atom. The highest BCUT2D eigenvalue weighted by molar-refractivity contribution is 9.10. The average molecular weight is 497 g/mol. The highest BCUT2D eigenvalue weighted by Gasteiger charge is 2.28. The summed E-state index contributed by atoms with van der Waals surface area (Å²) in [6.45, 7) is 7.21. The van der Waals surface area contributed by atoms with Crippen molar-refractivity contribution in [3.8, 4) is 0 Å². The highest BCUT2D eigenvalue weighted by Crippen LogP contribution is 2.31. The Bertz CT molecular complexity index is 977. The number of nitrogens with one attached hydrogen (secondary N) is 1. The third kappa shape index (κ3) is 4.96. The summed E-state index contributed by atoms with van der Waals surface area (Å²) < 4.78 is 34.8. The molecule has 0 atom stereocenters. The van der Waals surface area contributed by atoms with Crippen molar-refractivity contribution in [3.63, 3.8) is 0 Å².